The van der Waals surface area contributed by atoms with E-state index in [1.165, 1.54) is 0 Å². The fraction of sp³-hybridized carbons (Fsp3) is 1.00. The van der Waals surface area contributed by atoms with Crippen LogP contribution in [0.25, 0.3) is 0 Å². The van der Waals surface area contributed by atoms with Crippen LogP contribution in [0.3, 0.4) is 0 Å². The maximum absolute atomic E-state index is 10.0. The molecular formula is C10H20O6. The Bertz CT molecular complexity index is 221. The molecule has 6 heteroatoms. The first-order valence-electron chi connectivity index (χ1n) is 5.51. The van der Waals surface area contributed by atoms with Gasteiger partial charge in [-0.2, -0.15) is 0 Å². The van der Waals surface area contributed by atoms with E-state index in [0.717, 1.165) is 6.42 Å². The summed E-state index contributed by atoms with van der Waals surface area (Å²) < 4.78 is 5.07. The molecule has 6 nitrogen and oxygen atoms in total. The molecule has 1 fully saturated rings. The van der Waals surface area contributed by atoms with Gasteiger partial charge in [0.15, 0.2) is 5.79 Å². The van der Waals surface area contributed by atoms with Gasteiger partial charge in [-0.05, 0) is 6.42 Å². The fourth-order valence-electron chi connectivity index (χ4n) is 1.86. The highest BCUT2D eigenvalue weighted by Gasteiger charge is 2.51. The molecule has 0 amide bonds. The zero-order valence-corrected chi connectivity index (χ0v) is 9.28. The van der Waals surface area contributed by atoms with Gasteiger partial charge in [-0.25, -0.2) is 0 Å². The summed E-state index contributed by atoms with van der Waals surface area (Å²) in [4.78, 5) is 0. The van der Waals surface area contributed by atoms with E-state index in [4.69, 9.17) is 9.84 Å². The monoisotopic (exact) mass is 236 g/mol. The lowest BCUT2D eigenvalue weighted by atomic mass is 9.90. The average Bonchev–Trinajstić information content (AvgIpc) is 2.29. The first-order valence-corrected chi connectivity index (χ1v) is 5.51. The van der Waals surface area contributed by atoms with Crippen molar-refractivity contribution in [3.8, 4) is 0 Å². The smallest absolute Gasteiger partial charge is 0.195 e. The number of ether oxygens (including phenoxy) is 1. The number of aliphatic hydroxyl groups excluding tert-OH is 4. The third kappa shape index (κ3) is 2.53. The largest absolute Gasteiger partial charge is 0.394 e. The molecule has 96 valence electrons. The molecule has 0 aliphatic carbocycles. The Morgan fingerprint density at radius 3 is 2.31 bits per heavy atom. The van der Waals surface area contributed by atoms with E-state index in [1.54, 1.807) is 0 Å². The summed E-state index contributed by atoms with van der Waals surface area (Å²) >= 11 is 0. The van der Waals surface area contributed by atoms with Gasteiger partial charge in [0, 0.05) is 6.42 Å². The van der Waals surface area contributed by atoms with Crippen molar-refractivity contribution in [2.24, 2.45) is 0 Å². The van der Waals surface area contributed by atoms with Crippen LogP contribution >= 0.6 is 0 Å². The summed E-state index contributed by atoms with van der Waals surface area (Å²) in [5.41, 5.74) is 0. The van der Waals surface area contributed by atoms with E-state index in [0.29, 0.717) is 6.42 Å². The molecule has 16 heavy (non-hydrogen) atoms. The van der Waals surface area contributed by atoms with Crippen LogP contribution in [0, 0.1) is 0 Å². The number of unbranched alkanes of at least 4 members (excludes halogenated alkanes) is 1. The Morgan fingerprint density at radius 2 is 1.81 bits per heavy atom. The van der Waals surface area contributed by atoms with Crippen molar-refractivity contribution in [2.75, 3.05) is 6.61 Å². The van der Waals surface area contributed by atoms with Crippen LogP contribution in [0.5, 0.6) is 0 Å². The van der Waals surface area contributed by atoms with Gasteiger partial charge >= 0.3 is 0 Å². The van der Waals surface area contributed by atoms with E-state index in [-0.39, 0.29) is 6.42 Å². The van der Waals surface area contributed by atoms with Gasteiger partial charge in [0.2, 0.25) is 0 Å². The molecule has 1 rings (SSSR count). The lowest BCUT2D eigenvalue weighted by Crippen LogP contribution is -2.65. The Morgan fingerprint density at radius 1 is 1.19 bits per heavy atom. The van der Waals surface area contributed by atoms with Gasteiger partial charge in [-0.1, -0.05) is 13.3 Å². The SMILES string of the molecule is CCCC[C@@]1(O)O[C@H](CO)[C@@H](O)[C@H](O)[C@H]1O. The minimum Gasteiger partial charge on any atom is -0.394 e. The minimum absolute atomic E-state index is 0.144. The number of aliphatic hydroxyl groups is 5. The predicted molar refractivity (Wildman–Crippen MR) is 54.5 cm³/mol. The molecule has 1 heterocycles. The van der Waals surface area contributed by atoms with Crippen molar-refractivity contribution in [1.82, 2.24) is 0 Å². The van der Waals surface area contributed by atoms with Crippen molar-refractivity contribution in [1.29, 1.82) is 0 Å². The number of hydrogen-bond acceptors (Lipinski definition) is 6. The van der Waals surface area contributed by atoms with Crippen LogP contribution in [0.4, 0.5) is 0 Å². The molecule has 0 aromatic rings. The molecular weight excluding hydrogens is 216 g/mol. The molecule has 1 aliphatic heterocycles. The molecule has 5 atom stereocenters. The van der Waals surface area contributed by atoms with Crippen molar-refractivity contribution in [3.63, 3.8) is 0 Å². The summed E-state index contributed by atoms with van der Waals surface area (Å²) in [5, 5.41) is 47.6. The van der Waals surface area contributed by atoms with Gasteiger partial charge in [-0.15, -0.1) is 0 Å². The number of rotatable bonds is 4. The summed E-state index contributed by atoms with van der Waals surface area (Å²) in [6, 6.07) is 0. The maximum atomic E-state index is 10.0. The lowest BCUT2D eigenvalue weighted by Gasteiger charge is -2.45. The zero-order chi connectivity index (χ0) is 12.3. The van der Waals surface area contributed by atoms with E-state index in [9.17, 15) is 20.4 Å². The minimum atomic E-state index is -1.90. The van der Waals surface area contributed by atoms with E-state index >= 15 is 0 Å². The molecule has 5 N–H and O–H groups in total. The fourth-order valence-corrected chi connectivity index (χ4v) is 1.86. The summed E-state index contributed by atoms with van der Waals surface area (Å²) in [6.07, 6.45) is -4.04. The first kappa shape index (κ1) is 13.8. The topological polar surface area (TPSA) is 110 Å². The molecule has 1 saturated heterocycles. The van der Waals surface area contributed by atoms with Gasteiger partial charge in [-0.3, -0.25) is 0 Å². The second-order valence-electron chi connectivity index (χ2n) is 4.21. The Hall–Kier alpha value is -0.240. The van der Waals surface area contributed by atoms with Gasteiger partial charge < -0.3 is 30.3 Å². The highest BCUT2D eigenvalue weighted by Crippen LogP contribution is 2.31. The molecule has 0 unspecified atom stereocenters. The zero-order valence-electron chi connectivity index (χ0n) is 9.28. The Labute approximate surface area is 94.1 Å². The van der Waals surface area contributed by atoms with E-state index < -0.39 is 36.8 Å². The molecule has 0 radical (unpaired) electrons. The normalized spacial score (nSPS) is 44.6. The van der Waals surface area contributed by atoms with E-state index in [1.807, 2.05) is 6.92 Å². The highest BCUT2D eigenvalue weighted by molar-refractivity contribution is 4.95. The lowest BCUT2D eigenvalue weighted by molar-refractivity contribution is -0.351. The molecule has 0 spiro atoms. The Kier molecular flexibility index (Phi) is 4.66. The molecule has 0 bridgehead atoms. The van der Waals surface area contributed by atoms with Crippen LogP contribution < -0.4 is 0 Å². The van der Waals surface area contributed by atoms with Gasteiger partial charge in [0.05, 0.1) is 6.61 Å². The maximum Gasteiger partial charge on any atom is 0.195 e. The van der Waals surface area contributed by atoms with E-state index in [2.05, 4.69) is 0 Å². The summed E-state index contributed by atoms with van der Waals surface area (Å²) in [6.45, 7) is 1.38. The quantitative estimate of drug-likeness (QED) is 0.399. The Balaban J connectivity index is 2.76. The molecule has 1 aliphatic rings. The van der Waals surface area contributed by atoms with Crippen molar-refractivity contribution < 1.29 is 30.3 Å². The highest BCUT2D eigenvalue weighted by atomic mass is 16.7. The van der Waals surface area contributed by atoms with Gasteiger partial charge in [0.25, 0.3) is 0 Å². The van der Waals surface area contributed by atoms with Crippen molar-refractivity contribution in [3.05, 3.63) is 0 Å². The van der Waals surface area contributed by atoms with Crippen molar-refractivity contribution >= 4 is 0 Å². The standard InChI is InChI=1S/C10H20O6/c1-2-3-4-10(15)9(14)8(13)7(12)6(5-11)16-10/h6-9,11-15H,2-5H2,1H3/t6-,7-,8+,9-,10-/m1/s1. The number of hydrogen-bond donors (Lipinski definition) is 5. The van der Waals surface area contributed by atoms with Crippen LogP contribution in [0.15, 0.2) is 0 Å². The average molecular weight is 236 g/mol. The second kappa shape index (κ2) is 5.39. The van der Waals surface area contributed by atoms with Gasteiger partial charge in [0.1, 0.15) is 24.4 Å². The van der Waals surface area contributed by atoms with Crippen LogP contribution in [0.2, 0.25) is 0 Å². The molecule has 0 saturated carbocycles. The van der Waals surface area contributed by atoms with Crippen LogP contribution in [-0.4, -0.2) is 62.3 Å². The van der Waals surface area contributed by atoms with Crippen molar-refractivity contribution in [2.45, 2.75) is 56.4 Å². The first-order chi connectivity index (χ1) is 7.46. The third-order valence-corrected chi connectivity index (χ3v) is 2.94. The summed E-state index contributed by atoms with van der Waals surface area (Å²) in [5.74, 6) is -1.90. The summed E-state index contributed by atoms with van der Waals surface area (Å²) in [7, 11) is 0. The van der Waals surface area contributed by atoms with Crippen LogP contribution in [-0.2, 0) is 4.74 Å². The molecule has 0 aromatic heterocycles. The molecule has 0 aromatic carbocycles. The predicted octanol–water partition coefficient (Wildman–Crippen LogP) is -1.66. The van der Waals surface area contributed by atoms with Crippen LogP contribution in [0.1, 0.15) is 26.2 Å². The third-order valence-electron chi connectivity index (χ3n) is 2.94. The second-order valence-corrected chi connectivity index (χ2v) is 4.21.